The maximum atomic E-state index is 11.3. The molecule has 0 fully saturated rings. The molecule has 0 unspecified atom stereocenters. The van der Waals surface area contributed by atoms with E-state index in [4.69, 9.17) is 4.74 Å². The third-order valence-corrected chi connectivity index (χ3v) is 2.51. The second-order valence-electron chi connectivity index (χ2n) is 3.41. The van der Waals surface area contributed by atoms with Gasteiger partial charge in [-0.3, -0.25) is 9.78 Å². The number of hydrogen-bond donors (Lipinski definition) is 0. The van der Waals surface area contributed by atoms with Crippen LogP contribution < -0.4 is 4.74 Å². The molecule has 4 heteroatoms. The normalized spacial score (nSPS) is 10.1. The first-order chi connectivity index (χ1) is 7.04. The van der Waals surface area contributed by atoms with Gasteiger partial charge in [-0.25, -0.2) is 0 Å². The van der Waals surface area contributed by atoms with Crippen molar-refractivity contribution in [2.45, 2.75) is 27.2 Å². The van der Waals surface area contributed by atoms with Crippen molar-refractivity contribution in [3.63, 3.8) is 0 Å². The second kappa shape index (κ2) is 5.44. The SMILES string of the molecule is Cc1cc(C)c(OC(=O)CCI)c(C)n1. The van der Waals surface area contributed by atoms with Gasteiger partial charge >= 0.3 is 5.97 Å². The zero-order chi connectivity index (χ0) is 11.4. The number of ether oxygens (including phenoxy) is 1. The van der Waals surface area contributed by atoms with Gasteiger partial charge in [0, 0.05) is 10.1 Å². The van der Waals surface area contributed by atoms with Gasteiger partial charge in [-0.2, -0.15) is 0 Å². The van der Waals surface area contributed by atoms with E-state index in [-0.39, 0.29) is 5.97 Å². The number of carbonyl (C=O) groups is 1. The molecule has 15 heavy (non-hydrogen) atoms. The summed E-state index contributed by atoms with van der Waals surface area (Å²) in [5.41, 5.74) is 2.68. The zero-order valence-corrected chi connectivity index (χ0v) is 11.3. The maximum Gasteiger partial charge on any atom is 0.312 e. The van der Waals surface area contributed by atoms with Gasteiger partial charge < -0.3 is 4.74 Å². The molecule has 1 rings (SSSR count). The quantitative estimate of drug-likeness (QED) is 0.488. The molecular weight excluding hydrogens is 305 g/mol. The molecule has 0 radical (unpaired) electrons. The maximum absolute atomic E-state index is 11.3. The number of halogens is 1. The molecule has 0 atom stereocenters. The molecule has 1 aromatic rings. The molecule has 0 N–H and O–H groups in total. The summed E-state index contributed by atoms with van der Waals surface area (Å²) in [5, 5.41) is 0. The first kappa shape index (κ1) is 12.4. The molecule has 0 bridgehead atoms. The third-order valence-electron chi connectivity index (χ3n) is 1.97. The van der Waals surface area contributed by atoms with E-state index in [0.29, 0.717) is 12.2 Å². The first-order valence-electron chi connectivity index (χ1n) is 4.76. The van der Waals surface area contributed by atoms with Crippen LogP contribution in [0.25, 0.3) is 0 Å². The zero-order valence-electron chi connectivity index (χ0n) is 9.13. The van der Waals surface area contributed by atoms with Crippen LogP contribution in [0.3, 0.4) is 0 Å². The first-order valence-corrected chi connectivity index (χ1v) is 6.28. The highest BCUT2D eigenvalue weighted by Gasteiger charge is 2.10. The molecule has 0 spiro atoms. The third kappa shape index (κ3) is 3.44. The minimum absolute atomic E-state index is 0.193. The summed E-state index contributed by atoms with van der Waals surface area (Å²) in [6.07, 6.45) is 0.438. The summed E-state index contributed by atoms with van der Waals surface area (Å²) >= 11 is 2.15. The summed E-state index contributed by atoms with van der Waals surface area (Å²) in [5.74, 6) is 0.414. The van der Waals surface area contributed by atoms with Crippen molar-refractivity contribution in [3.05, 3.63) is 23.0 Å². The Morgan fingerprint density at radius 1 is 1.47 bits per heavy atom. The molecule has 0 aliphatic rings. The van der Waals surface area contributed by atoms with E-state index in [0.717, 1.165) is 21.4 Å². The van der Waals surface area contributed by atoms with Crippen molar-refractivity contribution in [1.29, 1.82) is 0 Å². The molecule has 0 saturated carbocycles. The predicted molar refractivity (Wildman–Crippen MR) is 67.6 cm³/mol. The van der Waals surface area contributed by atoms with Gasteiger partial charge in [-0.1, -0.05) is 22.6 Å². The molecule has 0 aliphatic carbocycles. The average molecular weight is 319 g/mol. The van der Waals surface area contributed by atoms with Crippen molar-refractivity contribution < 1.29 is 9.53 Å². The number of carbonyl (C=O) groups excluding carboxylic acids is 1. The van der Waals surface area contributed by atoms with Crippen molar-refractivity contribution in [2.24, 2.45) is 0 Å². The van der Waals surface area contributed by atoms with Gasteiger partial charge in [-0.05, 0) is 32.4 Å². The van der Waals surface area contributed by atoms with Crippen molar-refractivity contribution in [1.82, 2.24) is 4.98 Å². The number of nitrogens with zero attached hydrogens (tertiary/aromatic N) is 1. The summed E-state index contributed by atoms with van der Waals surface area (Å²) < 4.78 is 6.04. The van der Waals surface area contributed by atoms with Gasteiger partial charge in [-0.15, -0.1) is 0 Å². The number of pyridine rings is 1. The summed E-state index contributed by atoms with van der Waals surface area (Å²) in [7, 11) is 0. The van der Waals surface area contributed by atoms with Crippen LogP contribution in [0.2, 0.25) is 0 Å². The number of aryl methyl sites for hydroxylation is 3. The second-order valence-corrected chi connectivity index (χ2v) is 4.49. The predicted octanol–water partition coefficient (Wildman–Crippen LogP) is 2.74. The fourth-order valence-electron chi connectivity index (χ4n) is 1.41. The largest absolute Gasteiger partial charge is 0.424 e. The lowest BCUT2D eigenvalue weighted by Gasteiger charge is -2.10. The van der Waals surface area contributed by atoms with Crippen molar-refractivity contribution >= 4 is 28.6 Å². The number of aromatic nitrogens is 1. The fourth-order valence-corrected chi connectivity index (χ4v) is 1.85. The Kier molecular flexibility index (Phi) is 4.50. The number of alkyl halides is 1. The Morgan fingerprint density at radius 3 is 2.67 bits per heavy atom. The highest BCUT2D eigenvalue weighted by molar-refractivity contribution is 14.1. The van der Waals surface area contributed by atoms with Gasteiger partial charge in [0.15, 0.2) is 5.75 Å². The lowest BCUT2D eigenvalue weighted by Crippen LogP contribution is -2.10. The molecule has 3 nitrogen and oxygen atoms in total. The lowest BCUT2D eigenvalue weighted by atomic mass is 10.2. The highest BCUT2D eigenvalue weighted by atomic mass is 127. The van der Waals surface area contributed by atoms with Gasteiger partial charge in [0.25, 0.3) is 0 Å². The van der Waals surface area contributed by atoms with E-state index in [1.165, 1.54) is 0 Å². The summed E-state index contributed by atoms with van der Waals surface area (Å²) in [6.45, 7) is 5.71. The average Bonchev–Trinajstić information content (AvgIpc) is 2.11. The molecule has 0 saturated heterocycles. The van der Waals surface area contributed by atoms with Crippen LogP contribution in [-0.2, 0) is 4.79 Å². The van der Waals surface area contributed by atoms with Crippen LogP contribution in [0.4, 0.5) is 0 Å². The molecular formula is C11H14INO2. The van der Waals surface area contributed by atoms with Crippen LogP contribution in [0.1, 0.15) is 23.4 Å². The Labute approximate surface area is 103 Å². The van der Waals surface area contributed by atoms with Crippen molar-refractivity contribution in [3.8, 4) is 5.75 Å². The fraction of sp³-hybridized carbons (Fsp3) is 0.455. The Morgan fingerprint density at radius 2 is 2.13 bits per heavy atom. The topological polar surface area (TPSA) is 39.2 Å². The van der Waals surface area contributed by atoms with E-state index < -0.39 is 0 Å². The van der Waals surface area contributed by atoms with E-state index in [1.807, 2.05) is 26.8 Å². The van der Waals surface area contributed by atoms with Crippen LogP contribution >= 0.6 is 22.6 Å². The van der Waals surface area contributed by atoms with Gasteiger partial charge in [0.05, 0.1) is 12.1 Å². The number of esters is 1. The molecule has 0 aliphatic heterocycles. The number of rotatable bonds is 3. The smallest absolute Gasteiger partial charge is 0.312 e. The molecule has 82 valence electrons. The Bertz CT molecular complexity index is 354. The van der Waals surface area contributed by atoms with Crippen LogP contribution in [0.5, 0.6) is 5.75 Å². The van der Waals surface area contributed by atoms with Gasteiger partial charge in [0.2, 0.25) is 0 Å². The van der Waals surface area contributed by atoms with Crippen LogP contribution in [0, 0.1) is 20.8 Å². The standard InChI is InChI=1S/C11H14INO2/c1-7-6-8(2)13-9(3)11(7)15-10(14)4-5-12/h6H,4-5H2,1-3H3. The van der Waals surface area contributed by atoms with E-state index in [1.54, 1.807) is 0 Å². The lowest BCUT2D eigenvalue weighted by molar-refractivity contribution is -0.133. The Hall–Kier alpha value is -0.650. The summed E-state index contributed by atoms with van der Waals surface area (Å²) in [6, 6.07) is 1.92. The Balaban J connectivity index is 2.90. The molecule has 1 aromatic heterocycles. The summed E-state index contributed by atoms with van der Waals surface area (Å²) in [4.78, 5) is 15.6. The van der Waals surface area contributed by atoms with Gasteiger partial charge in [0.1, 0.15) is 0 Å². The van der Waals surface area contributed by atoms with E-state index >= 15 is 0 Å². The molecule has 0 aromatic carbocycles. The minimum Gasteiger partial charge on any atom is -0.424 e. The monoisotopic (exact) mass is 319 g/mol. The molecule has 1 heterocycles. The van der Waals surface area contributed by atoms with E-state index in [9.17, 15) is 4.79 Å². The number of hydrogen-bond acceptors (Lipinski definition) is 3. The highest BCUT2D eigenvalue weighted by Crippen LogP contribution is 2.22. The van der Waals surface area contributed by atoms with Crippen molar-refractivity contribution in [2.75, 3.05) is 4.43 Å². The van der Waals surface area contributed by atoms with E-state index in [2.05, 4.69) is 27.6 Å². The minimum atomic E-state index is -0.193. The van der Waals surface area contributed by atoms with Crippen LogP contribution in [0.15, 0.2) is 6.07 Å². The molecule has 0 amide bonds. The van der Waals surface area contributed by atoms with Crippen LogP contribution in [-0.4, -0.2) is 15.4 Å².